The number of nitrogens with zero attached hydrogens (tertiary/aromatic N) is 2. The number of carboxylic acid groups (broad SMARTS) is 1. The van der Waals surface area contributed by atoms with Crippen LogP contribution in [0.2, 0.25) is 0 Å². The van der Waals surface area contributed by atoms with E-state index in [1.807, 2.05) is 58.9 Å². The number of rotatable bonds is 9. The van der Waals surface area contributed by atoms with Crippen molar-refractivity contribution in [2.75, 3.05) is 24.6 Å². The predicted octanol–water partition coefficient (Wildman–Crippen LogP) is 8.25. The molecular formula is C35H45FN2O4. The van der Waals surface area contributed by atoms with Crippen LogP contribution in [0.25, 0.3) is 11.1 Å². The van der Waals surface area contributed by atoms with Gasteiger partial charge in [-0.3, -0.25) is 4.98 Å². The summed E-state index contributed by atoms with van der Waals surface area (Å²) in [4.78, 5) is 19.9. The van der Waals surface area contributed by atoms with Gasteiger partial charge in [-0.25, -0.2) is 9.18 Å². The molecule has 1 N–H and O–H groups in total. The molecule has 2 aromatic carbocycles. The molecule has 42 heavy (non-hydrogen) atoms. The van der Waals surface area contributed by atoms with Crippen LogP contribution in [0.3, 0.4) is 0 Å². The molecular weight excluding hydrogens is 531 g/mol. The van der Waals surface area contributed by atoms with Crippen LogP contribution in [0.5, 0.6) is 5.75 Å². The van der Waals surface area contributed by atoms with Crippen molar-refractivity contribution in [1.29, 1.82) is 0 Å². The molecule has 1 aliphatic heterocycles. The second kappa shape index (κ2) is 12.4. The minimum absolute atomic E-state index is 0.0992. The number of ether oxygens (including phenoxy) is 2. The first-order valence-corrected chi connectivity index (χ1v) is 14.8. The van der Waals surface area contributed by atoms with Gasteiger partial charge in [-0.15, -0.1) is 0 Å². The summed E-state index contributed by atoms with van der Waals surface area (Å²) in [6, 6.07) is 14.4. The largest absolute Gasteiger partial charge is 0.493 e. The lowest BCUT2D eigenvalue weighted by Gasteiger charge is -2.41. The van der Waals surface area contributed by atoms with E-state index in [9.17, 15) is 14.3 Å². The molecule has 3 aromatic rings. The molecule has 4 rings (SSSR count). The zero-order valence-electron chi connectivity index (χ0n) is 26.3. The number of benzene rings is 2. The molecule has 2 atom stereocenters. The van der Waals surface area contributed by atoms with Gasteiger partial charge in [0.1, 0.15) is 11.6 Å². The summed E-state index contributed by atoms with van der Waals surface area (Å²) in [6.07, 6.45) is 0.851. The first kappa shape index (κ1) is 31.5. The fourth-order valence-corrected chi connectivity index (χ4v) is 5.58. The summed E-state index contributed by atoms with van der Waals surface area (Å²) >= 11 is 0. The normalized spacial score (nSPS) is 16.6. The van der Waals surface area contributed by atoms with Crippen molar-refractivity contribution < 1.29 is 23.8 Å². The SMILES string of the molecule is Cc1nc(C)c(C(OC(C)(C)C)C(=O)O)c(N2CCC(C)(C)CC2)c1-c1ccc(OCC(C)c2ccc(F)cc2)cc1. The second-order valence-corrected chi connectivity index (χ2v) is 13.3. The Labute approximate surface area is 249 Å². The number of anilines is 1. The lowest BCUT2D eigenvalue weighted by molar-refractivity contribution is -0.160. The van der Waals surface area contributed by atoms with Crippen LogP contribution in [0.15, 0.2) is 48.5 Å². The molecule has 0 bridgehead atoms. The van der Waals surface area contributed by atoms with Crippen LogP contribution in [-0.4, -0.2) is 41.4 Å². The van der Waals surface area contributed by atoms with E-state index < -0.39 is 17.7 Å². The van der Waals surface area contributed by atoms with Crippen molar-refractivity contribution in [2.45, 2.75) is 85.9 Å². The van der Waals surface area contributed by atoms with Gasteiger partial charge in [-0.2, -0.15) is 0 Å². The van der Waals surface area contributed by atoms with Crippen LogP contribution in [0.1, 0.15) is 88.9 Å². The Bertz CT molecular complexity index is 1380. The average molecular weight is 577 g/mol. The average Bonchev–Trinajstić information content (AvgIpc) is 2.91. The Balaban J connectivity index is 1.73. The number of aryl methyl sites for hydroxylation is 2. The van der Waals surface area contributed by atoms with Gasteiger partial charge in [0.25, 0.3) is 0 Å². The van der Waals surface area contributed by atoms with Gasteiger partial charge in [0.15, 0.2) is 6.10 Å². The van der Waals surface area contributed by atoms with Gasteiger partial charge in [-0.05, 0) is 88.3 Å². The van der Waals surface area contributed by atoms with Crippen molar-refractivity contribution >= 4 is 11.7 Å². The Morgan fingerprint density at radius 1 is 1.02 bits per heavy atom. The zero-order valence-corrected chi connectivity index (χ0v) is 26.3. The minimum Gasteiger partial charge on any atom is -0.493 e. The van der Waals surface area contributed by atoms with Crippen molar-refractivity contribution in [3.05, 3.63) is 76.9 Å². The summed E-state index contributed by atoms with van der Waals surface area (Å²) in [5, 5.41) is 10.4. The first-order chi connectivity index (χ1) is 19.6. The molecule has 0 amide bonds. The third-order valence-corrected chi connectivity index (χ3v) is 8.05. The number of piperidine rings is 1. The molecule has 2 heterocycles. The van der Waals surface area contributed by atoms with Gasteiger partial charge in [0, 0.05) is 41.5 Å². The van der Waals surface area contributed by atoms with Crippen molar-refractivity contribution in [2.24, 2.45) is 5.41 Å². The number of carbonyl (C=O) groups is 1. The highest BCUT2D eigenvalue weighted by Crippen LogP contribution is 2.45. The predicted molar refractivity (Wildman–Crippen MR) is 166 cm³/mol. The third-order valence-electron chi connectivity index (χ3n) is 8.05. The highest BCUT2D eigenvalue weighted by molar-refractivity contribution is 5.88. The number of aliphatic carboxylic acids is 1. The number of carboxylic acids is 1. The molecule has 2 unspecified atom stereocenters. The molecule has 6 nitrogen and oxygen atoms in total. The van der Waals surface area contributed by atoms with Crippen molar-refractivity contribution in [3.63, 3.8) is 0 Å². The number of pyridine rings is 1. The summed E-state index contributed by atoms with van der Waals surface area (Å²) in [5.41, 5.74) is 5.47. The fraction of sp³-hybridized carbons (Fsp3) is 0.486. The molecule has 0 spiro atoms. The first-order valence-electron chi connectivity index (χ1n) is 14.8. The van der Waals surface area contributed by atoms with Crippen LogP contribution in [0, 0.1) is 25.1 Å². The molecule has 1 saturated heterocycles. The lowest BCUT2D eigenvalue weighted by atomic mass is 9.82. The minimum atomic E-state index is -1.16. The Morgan fingerprint density at radius 3 is 2.17 bits per heavy atom. The van der Waals surface area contributed by atoms with E-state index in [-0.39, 0.29) is 17.2 Å². The van der Waals surface area contributed by atoms with E-state index in [0.29, 0.717) is 17.9 Å². The molecule has 7 heteroatoms. The smallest absolute Gasteiger partial charge is 0.337 e. The third kappa shape index (κ3) is 7.49. The highest BCUT2D eigenvalue weighted by atomic mass is 19.1. The van der Waals surface area contributed by atoms with Gasteiger partial charge < -0.3 is 19.5 Å². The summed E-state index contributed by atoms with van der Waals surface area (Å²) < 4.78 is 25.6. The molecule has 0 saturated carbocycles. The topological polar surface area (TPSA) is 71.9 Å². The number of halogens is 1. The molecule has 0 radical (unpaired) electrons. The van der Waals surface area contributed by atoms with E-state index in [1.54, 1.807) is 12.1 Å². The molecule has 1 aromatic heterocycles. The second-order valence-electron chi connectivity index (χ2n) is 13.3. The van der Waals surface area contributed by atoms with E-state index in [2.05, 4.69) is 25.7 Å². The summed E-state index contributed by atoms with van der Waals surface area (Å²) in [5.74, 6) is -0.450. The van der Waals surface area contributed by atoms with Gasteiger partial charge in [0.2, 0.25) is 0 Å². The van der Waals surface area contributed by atoms with Crippen LogP contribution < -0.4 is 9.64 Å². The van der Waals surface area contributed by atoms with Crippen LogP contribution in [0.4, 0.5) is 10.1 Å². The Kier molecular flexibility index (Phi) is 9.31. The molecule has 226 valence electrons. The number of aromatic nitrogens is 1. The van der Waals surface area contributed by atoms with Gasteiger partial charge in [0.05, 0.1) is 17.9 Å². The van der Waals surface area contributed by atoms with E-state index in [0.717, 1.165) is 59.8 Å². The maximum atomic E-state index is 13.3. The molecule has 1 aliphatic rings. The summed E-state index contributed by atoms with van der Waals surface area (Å²) in [6.45, 7) is 18.2. The zero-order chi connectivity index (χ0) is 30.8. The molecule has 0 aliphatic carbocycles. The van der Waals surface area contributed by atoms with Crippen LogP contribution >= 0.6 is 0 Å². The number of hydrogen-bond donors (Lipinski definition) is 1. The molecule has 1 fully saturated rings. The van der Waals surface area contributed by atoms with Crippen LogP contribution in [-0.2, 0) is 9.53 Å². The van der Waals surface area contributed by atoms with E-state index in [1.165, 1.54) is 12.1 Å². The number of hydrogen-bond acceptors (Lipinski definition) is 5. The maximum Gasteiger partial charge on any atom is 0.337 e. The monoisotopic (exact) mass is 576 g/mol. The van der Waals surface area contributed by atoms with Crippen molar-refractivity contribution in [1.82, 2.24) is 4.98 Å². The maximum absolute atomic E-state index is 13.3. The van der Waals surface area contributed by atoms with Crippen molar-refractivity contribution in [3.8, 4) is 16.9 Å². The van der Waals surface area contributed by atoms with E-state index >= 15 is 0 Å². The summed E-state index contributed by atoms with van der Waals surface area (Å²) in [7, 11) is 0. The Morgan fingerprint density at radius 2 is 1.62 bits per heavy atom. The van der Waals surface area contributed by atoms with Gasteiger partial charge in [-0.1, -0.05) is 45.0 Å². The standard InChI is InChI=1S/C35H45FN2O4/c1-22(25-9-13-27(36)14-10-25)21-41-28-15-11-26(12-16-28)29-23(2)37-24(3)30(32(33(39)40)42-34(4,5)6)31(29)38-19-17-35(7,8)18-20-38/h9-16,22,32H,17-21H2,1-8H3,(H,39,40). The quantitative estimate of drug-likeness (QED) is 0.277. The lowest BCUT2D eigenvalue weighted by Crippen LogP contribution is -2.39. The fourth-order valence-electron chi connectivity index (χ4n) is 5.58. The van der Waals surface area contributed by atoms with E-state index in [4.69, 9.17) is 14.5 Å². The van der Waals surface area contributed by atoms with Gasteiger partial charge >= 0.3 is 5.97 Å². The highest BCUT2D eigenvalue weighted by Gasteiger charge is 2.36. The Hall–Kier alpha value is -3.45.